The van der Waals surface area contributed by atoms with Crippen molar-refractivity contribution in [3.63, 3.8) is 0 Å². The van der Waals surface area contributed by atoms with E-state index in [1.54, 1.807) is 0 Å². The summed E-state index contributed by atoms with van der Waals surface area (Å²) in [5, 5.41) is 4.45. The fourth-order valence-electron chi connectivity index (χ4n) is 6.65. The topological polar surface area (TPSA) is 81.9 Å². The van der Waals surface area contributed by atoms with Crippen molar-refractivity contribution < 1.29 is 23.6 Å². The van der Waals surface area contributed by atoms with E-state index in [0.29, 0.717) is 35.7 Å². The number of nitrogens with zero attached hydrogens (tertiary/aromatic N) is 2. The number of fused-ring (bicyclic) bond motifs is 2. The fraction of sp³-hybridized carbons (Fsp3) is 0.815. The van der Waals surface area contributed by atoms with Crippen molar-refractivity contribution in [1.29, 1.82) is 0 Å². The second-order valence-corrected chi connectivity index (χ2v) is 12.6. The number of ether oxygens (including phenoxy) is 2. The molecule has 2 saturated heterocycles. The van der Waals surface area contributed by atoms with Gasteiger partial charge in [-0.2, -0.15) is 0 Å². The molecule has 1 unspecified atom stereocenters. The minimum absolute atomic E-state index is 0.0734. The second kappa shape index (κ2) is 7.99. The summed E-state index contributed by atoms with van der Waals surface area (Å²) in [7, 11) is 0. The average molecular weight is 471 g/mol. The summed E-state index contributed by atoms with van der Waals surface area (Å²) in [5.41, 5.74) is 1.56. The minimum Gasteiger partial charge on any atom is -0.458 e. The molecule has 5 fully saturated rings. The van der Waals surface area contributed by atoms with Crippen LogP contribution in [0, 0.1) is 5.41 Å². The molecule has 1 spiro atoms. The molecule has 2 aliphatic heterocycles. The van der Waals surface area contributed by atoms with Gasteiger partial charge in [0.25, 0.3) is 0 Å². The third-order valence-corrected chi connectivity index (χ3v) is 8.86. The molecular formula is C27H38N2O5. The van der Waals surface area contributed by atoms with E-state index in [1.807, 2.05) is 25.7 Å². The number of esters is 1. The van der Waals surface area contributed by atoms with E-state index < -0.39 is 5.60 Å². The molecule has 1 aromatic rings. The maximum absolute atomic E-state index is 13.5. The van der Waals surface area contributed by atoms with E-state index in [4.69, 9.17) is 14.0 Å². The molecule has 0 aromatic carbocycles. The molecule has 6 rings (SSSR count). The van der Waals surface area contributed by atoms with Gasteiger partial charge in [-0.15, -0.1) is 0 Å². The number of rotatable bonds is 4. The van der Waals surface area contributed by atoms with Crippen LogP contribution in [0.25, 0.3) is 0 Å². The van der Waals surface area contributed by atoms with E-state index in [9.17, 15) is 9.59 Å². The van der Waals surface area contributed by atoms with Gasteiger partial charge in [-0.1, -0.05) is 5.16 Å². The van der Waals surface area contributed by atoms with Gasteiger partial charge in [-0.3, -0.25) is 0 Å². The predicted octanol–water partition coefficient (Wildman–Crippen LogP) is 6.08. The minimum atomic E-state index is -0.512. The smallest absolute Gasteiger partial charge is 0.410 e. The summed E-state index contributed by atoms with van der Waals surface area (Å²) < 4.78 is 17.6. The molecule has 7 nitrogen and oxygen atoms in total. The average Bonchev–Trinajstić information content (AvgIpc) is 3.68. The van der Waals surface area contributed by atoms with Crippen LogP contribution in [0.2, 0.25) is 0 Å². The Morgan fingerprint density at radius 1 is 0.941 bits per heavy atom. The Morgan fingerprint density at radius 3 is 2.15 bits per heavy atom. The van der Waals surface area contributed by atoms with Gasteiger partial charge in [0.2, 0.25) is 0 Å². The van der Waals surface area contributed by atoms with Gasteiger partial charge < -0.3 is 18.9 Å². The molecule has 0 radical (unpaired) electrons. The van der Waals surface area contributed by atoms with Crippen molar-refractivity contribution in [2.24, 2.45) is 5.41 Å². The third kappa shape index (κ3) is 4.24. The Labute approximate surface area is 201 Å². The van der Waals surface area contributed by atoms with E-state index in [2.05, 4.69) is 5.16 Å². The highest BCUT2D eigenvalue weighted by Crippen LogP contribution is 2.59. The zero-order valence-electron chi connectivity index (χ0n) is 20.8. The lowest BCUT2D eigenvalue weighted by molar-refractivity contribution is -0.0227. The third-order valence-electron chi connectivity index (χ3n) is 8.86. The van der Waals surface area contributed by atoms with Crippen LogP contribution in [0.3, 0.4) is 0 Å². The molecule has 1 amide bonds. The fourth-order valence-corrected chi connectivity index (χ4v) is 6.65. The highest BCUT2D eigenvalue weighted by atomic mass is 16.6. The highest BCUT2D eigenvalue weighted by molar-refractivity contribution is 5.92. The Hall–Kier alpha value is -2.05. The van der Waals surface area contributed by atoms with Gasteiger partial charge in [0.15, 0.2) is 5.76 Å². The van der Waals surface area contributed by atoms with Gasteiger partial charge in [-0.25, -0.2) is 9.59 Å². The van der Waals surface area contributed by atoms with Crippen LogP contribution in [0.1, 0.15) is 131 Å². The highest BCUT2D eigenvalue weighted by Gasteiger charge is 2.48. The molecule has 34 heavy (non-hydrogen) atoms. The number of piperidine rings is 1. The monoisotopic (exact) mass is 470 g/mol. The zero-order valence-corrected chi connectivity index (χ0v) is 20.8. The normalized spacial score (nSPS) is 30.4. The summed E-state index contributed by atoms with van der Waals surface area (Å²) in [6.45, 7) is 5.68. The number of amides is 1. The molecule has 1 aromatic heterocycles. The lowest BCUT2D eigenvalue weighted by Gasteiger charge is -2.39. The maximum Gasteiger partial charge on any atom is 0.410 e. The number of aromatic nitrogens is 1. The van der Waals surface area contributed by atoms with E-state index in [0.717, 1.165) is 50.0 Å². The SMILES string of the molecule is CC(C)(C)OC(=O)N1[C@@H]2CC[C@H]1CC(OC(=O)c1c(C3CCC4(CC3)CC4)noc1C1CC1)C2. The van der Waals surface area contributed by atoms with Crippen LogP contribution in [0.4, 0.5) is 4.79 Å². The van der Waals surface area contributed by atoms with Crippen molar-refractivity contribution in [1.82, 2.24) is 10.1 Å². The number of hydrogen-bond donors (Lipinski definition) is 0. The van der Waals surface area contributed by atoms with Gasteiger partial charge >= 0.3 is 12.1 Å². The lowest BCUT2D eigenvalue weighted by atomic mass is 9.77. The molecule has 3 atom stereocenters. The number of carbonyl (C=O) groups excluding carboxylic acids is 2. The predicted molar refractivity (Wildman–Crippen MR) is 125 cm³/mol. The number of hydrogen-bond acceptors (Lipinski definition) is 6. The molecule has 2 bridgehead atoms. The van der Waals surface area contributed by atoms with E-state index >= 15 is 0 Å². The largest absolute Gasteiger partial charge is 0.458 e. The summed E-state index contributed by atoms with van der Waals surface area (Å²) >= 11 is 0. The Balaban J connectivity index is 1.15. The Kier molecular flexibility index (Phi) is 5.27. The molecule has 5 aliphatic rings. The van der Waals surface area contributed by atoms with Crippen molar-refractivity contribution in [3.8, 4) is 0 Å². The van der Waals surface area contributed by atoms with Gasteiger partial charge in [-0.05, 0) is 90.4 Å². The van der Waals surface area contributed by atoms with Crippen LogP contribution < -0.4 is 0 Å². The summed E-state index contributed by atoms with van der Waals surface area (Å²) in [5.74, 6) is 1.10. The molecule has 3 aliphatic carbocycles. The Bertz CT molecular complexity index is 946. The quantitative estimate of drug-likeness (QED) is 0.496. The second-order valence-electron chi connectivity index (χ2n) is 12.6. The first-order valence-electron chi connectivity index (χ1n) is 13.4. The summed E-state index contributed by atoms with van der Waals surface area (Å²) in [6, 6.07) is 0.147. The van der Waals surface area contributed by atoms with E-state index in [-0.39, 0.29) is 30.3 Å². The van der Waals surface area contributed by atoms with E-state index in [1.165, 1.54) is 25.7 Å². The van der Waals surface area contributed by atoms with Gasteiger partial charge in [0.1, 0.15) is 23.0 Å². The van der Waals surface area contributed by atoms with Crippen molar-refractivity contribution in [2.45, 2.75) is 133 Å². The van der Waals surface area contributed by atoms with Crippen LogP contribution in [0.15, 0.2) is 4.52 Å². The van der Waals surface area contributed by atoms with Crippen molar-refractivity contribution in [2.75, 3.05) is 0 Å². The first-order chi connectivity index (χ1) is 16.2. The van der Waals surface area contributed by atoms with Crippen LogP contribution in [-0.2, 0) is 9.47 Å². The lowest BCUT2D eigenvalue weighted by Crippen LogP contribution is -2.50. The van der Waals surface area contributed by atoms with Crippen LogP contribution in [-0.4, -0.2) is 45.9 Å². The zero-order chi connectivity index (χ0) is 23.7. The molecule has 3 heterocycles. The van der Waals surface area contributed by atoms with Crippen LogP contribution >= 0.6 is 0 Å². The molecule has 0 N–H and O–H groups in total. The van der Waals surface area contributed by atoms with Crippen LogP contribution in [0.5, 0.6) is 0 Å². The summed E-state index contributed by atoms with van der Waals surface area (Å²) in [4.78, 5) is 28.2. The van der Waals surface area contributed by atoms with Crippen molar-refractivity contribution in [3.05, 3.63) is 17.0 Å². The van der Waals surface area contributed by atoms with Crippen molar-refractivity contribution >= 4 is 12.1 Å². The molecular weight excluding hydrogens is 432 g/mol. The molecule has 186 valence electrons. The van der Waals surface area contributed by atoms with Gasteiger partial charge in [0.05, 0.1) is 0 Å². The number of carbonyl (C=O) groups is 2. The van der Waals surface area contributed by atoms with Gasteiger partial charge in [0, 0.05) is 36.8 Å². The Morgan fingerprint density at radius 2 is 1.59 bits per heavy atom. The maximum atomic E-state index is 13.5. The molecule has 7 heteroatoms. The first kappa shape index (κ1) is 22.4. The first-order valence-corrected chi connectivity index (χ1v) is 13.4. The molecule has 3 saturated carbocycles. The standard InChI is InChI=1S/C27H38N2O5/c1-26(2,3)33-25(31)29-18-6-7-19(29)15-20(14-18)32-24(30)21-22(28-34-23(21)17-4-5-17)16-8-10-27(11-9-16)12-13-27/h16-20H,4-15H2,1-3H3/t18-,19+,20?. The summed E-state index contributed by atoms with van der Waals surface area (Å²) in [6.07, 6.45) is 12.3.